The van der Waals surface area contributed by atoms with E-state index in [2.05, 4.69) is 12.2 Å². The van der Waals surface area contributed by atoms with Crippen LogP contribution in [0.4, 0.5) is 4.39 Å². The van der Waals surface area contributed by atoms with Crippen molar-refractivity contribution in [3.05, 3.63) is 35.0 Å². The maximum absolute atomic E-state index is 13.3. The van der Waals surface area contributed by atoms with Crippen LogP contribution in [0.25, 0.3) is 10.1 Å². The number of carbonyl (C=O) groups excluding carboxylic acids is 2. The number of fused-ring (bicyclic) bond motifs is 1. The number of ether oxygens (including phenoxy) is 1. The summed E-state index contributed by atoms with van der Waals surface area (Å²) >= 11 is 1.23. The molecule has 1 aliphatic carbocycles. The van der Waals surface area contributed by atoms with E-state index in [1.165, 1.54) is 29.9 Å². The highest BCUT2D eigenvalue weighted by molar-refractivity contribution is 7.20. The fourth-order valence-corrected chi connectivity index (χ4v) is 4.14. The van der Waals surface area contributed by atoms with E-state index in [1.807, 2.05) is 0 Å². The molecule has 0 saturated heterocycles. The van der Waals surface area contributed by atoms with Gasteiger partial charge in [0.1, 0.15) is 10.7 Å². The lowest BCUT2D eigenvalue weighted by Gasteiger charge is -2.30. The lowest BCUT2D eigenvalue weighted by atomic mass is 9.86. The second kappa shape index (κ2) is 7.52. The second-order valence-electron chi connectivity index (χ2n) is 6.72. The number of carbonyl (C=O) groups is 2. The molecule has 1 N–H and O–H groups in total. The van der Waals surface area contributed by atoms with Gasteiger partial charge in [-0.05, 0) is 55.3 Å². The molecule has 1 aliphatic rings. The SMILES string of the molecule is C[C@@H]1CCCC[C@@H]1NC(=O)[C@@H](C)OC(=O)c1cc2cc(F)ccc2s1. The van der Waals surface area contributed by atoms with Crippen molar-refractivity contribution in [2.45, 2.75) is 51.7 Å². The van der Waals surface area contributed by atoms with Crippen molar-refractivity contribution in [3.8, 4) is 0 Å². The van der Waals surface area contributed by atoms with Gasteiger partial charge in [0.25, 0.3) is 5.91 Å². The van der Waals surface area contributed by atoms with Crippen molar-refractivity contribution in [3.63, 3.8) is 0 Å². The van der Waals surface area contributed by atoms with Gasteiger partial charge in [0.15, 0.2) is 6.10 Å². The first-order chi connectivity index (χ1) is 11.9. The van der Waals surface area contributed by atoms with Gasteiger partial charge in [0, 0.05) is 10.7 Å². The predicted molar refractivity (Wildman–Crippen MR) is 96.2 cm³/mol. The van der Waals surface area contributed by atoms with Crippen LogP contribution in [0, 0.1) is 11.7 Å². The Bertz CT molecular complexity index is 788. The molecule has 1 aromatic heterocycles. The molecule has 6 heteroatoms. The molecule has 4 nitrogen and oxygen atoms in total. The third-order valence-corrected chi connectivity index (χ3v) is 5.87. The number of esters is 1. The Labute approximate surface area is 150 Å². The van der Waals surface area contributed by atoms with Crippen LogP contribution < -0.4 is 5.32 Å². The van der Waals surface area contributed by atoms with E-state index in [0.29, 0.717) is 16.2 Å². The highest BCUT2D eigenvalue weighted by Gasteiger charge is 2.26. The monoisotopic (exact) mass is 363 g/mol. The lowest BCUT2D eigenvalue weighted by molar-refractivity contribution is -0.130. The number of hydrogen-bond donors (Lipinski definition) is 1. The molecule has 3 rings (SSSR count). The van der Waals surface area contributed by atoms with Gasteiger partial charge >= 0.3 is 5.97 Å². The lowest BCUT2D eigenvalue weighted by Crippen LogP contribution is -2.45. The molecule has 1 saturated carbocycles. The number of hydrogen-bond acceptors (Lipinski definition) is 4. The molecular weight excluding hydrogens is 341 g/mol. The molecule has 0 bridgehead atoms. The van der Waals surface area contributed by atoms with Crippen LogP contribution in [0.5, 0.6) is 0 Å². The molecule has 1 aromatic carbocycles. The Hall–Kier alpha value is -1.95. The highest BCUT2D eigenvalue weighted by atomic mass is 32.1. The zero-order valence-corrected chi connectivity index (χ0v) is 15.2. The summed E-state index contributed by atoms with van der Waals surface area (Å²) in [6, 6.07) is 6.11. The Morgan fingerprint density at radius 1 is 1.28 bits per heavy atom. The largest absolute Gasteiger partial charge is 0.448 e. The fraction of sp³-hybridized carbons (Fsp3) is 0.474. The molecule has 25 heavy (non-hydrogen) atoms. The highest BCUT2D eigenvalue weighted by Crippen LogP contribution is 2.27. The van der Waals surface area contributed by atoms with Gasteiger partial charge in [-0.15, -0.1) is 11.3 Å². The van der Waals surface area contributed by atoms with E-state index in [-0.39, 0.29) is 17.8 Å². The number of amides is 1. The van der Waals surface area contributed by atoms with Crippen molar-refractivity contribution in [1.82, 2.24) is 5.32 Å². The second-order valence-corrected chi connectivity index (χ2v) is 7.80. The Morgan fingerprint density at radius 3 is 2.80 bits per heavy atom. The van der Waals surface area contributed by atoms with E-state index in [1.54, 1.807) is 19.1 Å². The minimum Gasteiger partial charge on any atom is -0.448 e. The molecular formula is C19H22FNO3S. The molecule has 0 unspecified atom stereocenters. The zero-order chi connectivity index (χ0) is 18.0. The summed E-state index contributed by atoms with van der Waals surface area (Å²) in [6.07, 6.45) is 3.53. The topological polar surface area (TPSA) is 55.4 Å². The van der Waals surface area contributed by atoms with E-state index in [0.717, 1.165) is 24.0 Å². The molecule has 0 aliphatic heterocycles. The third-order valence-electron chi connectivity index (χ3n) is 4.77. The predicted octanol–water partition coefficient (Wildman–Crippen LogP) is 4.28. The Kier molecular flexibility index (Phi) is 5.37. The summed E-state index contributed by atoms with van der Waals surface area (Å²) in [5, 5.41) is 3.65. The van der Waals surface area contributed by atoms with Gasteiger partial charge in [0.05, 0.1) is 0 Å². The quantitative estimate of drug-likeness (QED) is 0.825. The fourth-order valence-electron chi connectivity index (χ4n) is 3.22. The molecule has 1 fully saturated rings. The van der Waals surface area contributed by atoms with Crippen LogP contribution in [-0.4, -0.2) is 24.0 Å². The summed E-state index contributed by atoms with van der Waals surface area (Å²) < 4.78 is 19.4. The Morgan fingerprint density at radius 2 is 2.04 bits per heavy atom. The van der Waals surface area contributed by atoms with Crippen LogP contribution in [-0.2, 0) is 9.53 Å². The smallest absolute Gasteiger partial charge is 0.349 e. The van der Waals surface area contributed by atoms with Crippen LogP contribution in [0.2, 0.25) is 0 Å². The van der Waals surface area contributed by atoms with E-state index in [4.69, 9.17) is 4.74 Å². The molecule has 0 radical (unpaired) electrons. The maximum Gasteiger partial charge on any atom is 0.349 e. The van der Waals surface area contributed by atoms with Gasteiger partial charge in [-0.1, -0.05) is 19.8 Å². The number of thiophene rings is 1. The van der Waals surface area contributed by atoms with E-state index < -0.39 is 12.1 Å². The molecule has 1 amide bonds. The van der Waals surface area contributed by atoms with Gasteiger partial charge in [-0.2, -0.15) is 0 Å². The first kappa shape index (κ1) is 17.9. The van der Waals surface area contributed by atoms with Gasteiger partial charge in [0.2, 0.25) is 0 Å². The molecule has 0 spiro atoms. The van der Waals surface area contributed by atoms with Crippen molar-refractivity contribution in [2.75, 3.05) is 0 Å². The maximum atomic E-state index is 13.3. The molecule has 2 aromatic rings. The minimum absolute atomic E-state index is 0.148. The van der Waals surface area contributed by atoms with Crippen molar-refractivity contribution in [2.24, 2.45) is 5.92 Å². The average Bonchev–Trinajstić information content (AvgIpc) is 3.00. The van der Waals surface area contributed by atoms with Crippen molar-refractivity contribution in [1.29, 1.82) is 0 Å². The summed E-state index contributed by atoms with van der Waals surface area (Å²) in [6.45, 7) is 3.71. The third kappa shape index (κ3) is 4.18. The Balaban J connectivity index is 1.61. The number of benzene rings is 1. The van der Waals surface area contributed by atoms with Crippen LogP contribution in [0.3, 0.4) is 0 Å². The first-order valence-electron chi connectivity index (χ1n) is 8.64. The number of halogens is 1. The van der Waals surface area contributed by atoms with E-state index in [9.17, 15) is 14.0 Å². The number of rotatable bonds is 4. The summed E-state index contributed by atoms with van der Waals surface area (Å²) in [5.41, 5.74) is 0. The molecule has 3 atom stereocenters. The summed E-state index contributed by atoms with van der Waals surface area (Å²) in [5.74, 6) is -0.724. The van der Waals surface area contributed by atoms with Crippen molar-refractivity contribution < 1.29 is 18.7 Å². The zero-order valence-electron chi connectivity index (χ0n) is 14.4. The minimum atomic E-state index is -0.858. The summed E-state index contributed by atoms with van der Waals surface area (Å²) in [7, 11) is 0. The molecule has 1 heterocycles. The van der Waals surface area contributed by atoms with Crippen LogP contribution >= 0.6 is 11.3 Å². The van der Waals surface area contributed by atoms with Gasteiger partial charge in [-0.25, -0.2) is 9.18 Å². The average molecular weight is 363 g/mol. The molecule has 134 valence electrons. The van der Waals surface area contributed by atoms with Gasteiger partial charge < -0.3 is 10.1 Å². The van der Waals surface area contributed by atoms with Crippen LogP contribution in [0.1, 0.15) is 49.2 Å². The number of nitrogens with one attached hydrogen (secondary N) is 1. The van der Waals surface area contributed by atoms with Crippen molar-refractivity contribution >= 4 is 33.3 Å². The van der Waals surface area contributed by atoms with Gasteiger partial charge in [-0.3, -0.25) is 4.79 Å². The van der Waals surface area contributed by atoms with E-state index >= 15 is 0 Å². The standard InChI is InChI=1S/C19H22FNO3S/c1-11-5-3-4-6-15(11)21-18(22)12(2)24-19(23)17-10-13-9-14(20)7-8-16(13)25-17/h7-12,15H,3-6H2,1-2H3,(H,21,22)/t11-,12-,15+/m1/s1. The normalized spacial score (nSPS) is 21.7. The summed E-state index contributed by atoms with van der Waals surface area (Å²) in [4.78, 5) is 25.0. The first-order valence-corrected chi connectivity index (χ1v) is 9.46. The van der Waals surface area contributed by atoms with Crippen LogP contribution in [0.15, 0.2) is 24.3 Å².